The predicted molar refractivity (Wildman–Crippen MR) is 62.3 cm³/mol. The summed E-state index contributed by atoms with van der Waals surface area (Å²) in [7, 11) is 0. The summed E-state index contributed by atoms with van der Waals surface area (Å²) in [4.78, 5) is 21.7. The molecule has 1 rings (SSSR count). The van der Waals surface area contributed by atoms with Gasteiger partial charge in [-0.15, -0.1) is 0 Å². The van der Waals surface area contributed by atoms with Gasteiger partial charge in [-0.3, -0.25) is 9.59 Å². The first-order valence-corrected chi connectivity index (χ1v) is 5.22. The molecule has 0 spiro atoms. The maximum Gasteiger partial charge on any atom is 0.307 e. The van der Waals surface area contributed by atoms with Crippen molar-refractivity contribution in [3.8, 4) is 0 Å². The minimum absolute atomic E-state index is 0.132. The summed E-state index contributed by atoms with van der Waals surface area (Å²) >= 11 is 0. The van der Waals surface area contributed by atoms with Crippen LogP contribution in [0.15, 0.2) is 43.0 Å². The Kier molecular flexibility index (Phi) is 4.94. The number of carboxylic acids is 1. The number of carbonyl (C=O) groups excluding carboxylic acids is 1. The van der Waals surface area contributed by atoms with Crippen LogP contribution in [-0.4, -0.2) is 17.0 Å². The fourth-order valence-corrected chi connectivity index (χ4v) is 1.30. The van der Waals surface area contributed by atoms with Crippen LogP contribution in [-0.2, 0) is 14.3 Å². The van der Waals surface area contributed by atoms with Crippen molar-refractivity contribution in [1.29, 1.82) is 0 Å². The molecule has 1 aromatic carbocycles. The lowest BCUT2D eigenvalue weighted by molar-refractivity contribution is -0.150. The molecule has 1 atom stereocenters. The second kappa shape index (κ2) is 6.48. The lowest BCUT2D eigenvalue weighted by Crippen LogP contribution is -2.11. The Labute approximate surface area is 99.5 Å². The van der Waals surface area contributed by atoms with Crippen LogP contribution in [0.2, 0.25) is 0 Å². The maximum atomic E-state index is 11.4. The third-order valence-corrected chi connectivity index (χ3v) is 2.14. The van der Waals surface area contributed by atoms with Crippen molar-refractivity contribution < 1.29 is 19.4 Å². The van der Waals surface area contributed by atoms with Crippen molar-refractivity contribution in [2.45, 2.75) is 18.9 Å². The average Bonchev–Trinajstić information content (AvgIpc) is 2.34. The third kappa shape index (κ3) is 4.51. The van der Waals surface area contributed by atoms with Crippen LogP contribution < -0.4 is 0 Å². The van der Waals surface area contributed by atoms with Gasteiger partial charge in [-0.1, -0.05) is 36.9 Å². The molecule has 0 amide bonds. The van der Waals surface area contributed by atoms with Crippen molar-refractivity contribution in [1.82, 2.24) is 0 Å². The van der Waals surface area contributed by atoms with Crippen LogP contribution >= 0.6 is 0 Å². The molecule has 0 saturated carbocycles. The highest BCUT2D eigenvalue weighted by Crippen LogP contribution is 2.18. The lowest BCUT2D eigenvalue weighted by atomic mass is 10.1. The van der Waals surface area contributed by atoms with E-state index in [1.165, 1.54) is 6.08 Å². The van der Waals surface area contributed by atoms with Crippen LogP contribution in [0.4, 0.5) is 0 Å². The van der Waals surface area contributed by atoms with Crippen molar-refractivity contribution >= 4 is 11.9 Å². The van der Waals surface area contributed by atoms with Gasteiger partial charge >= 0.3 is 11.9 Å². The smallest absolute Gasteiger partial charge is 0.307 e. The zero-order valence-corrected chi connectivity index (χ0v) is 9.33. The first kappa shape index (κ1) is 13.0. The standard InChI is InChI=1S/C13H14O4/c1-2-11(10-6-4-3-5-7-10)17-13(16)9-8-12(14)15/h2-7,11H,1,8-9H2,(H,14,15). The zero-order chi connectivity index (χ0) is 12.7. The number of aliphatic carboxylic acids is 1. The number of benzene rings is 1. The molecule has 17 heavy (non-hydrogen) atoms. The van der Waals surface area contributed by atoms with Crippen molar-refractivity contribution in [2.24, 2.45) is 0 Å². The molecule has 90 valence electrons. The van der Waals surface area contributed by atoms with E-state index in [1.54, 1.807) is 0 Å². The Hall–Kier alpha value is -2.10. The normalized spacial score (nSPS) is 11.5. The van der Waals surface area contributed by atoms with E-state index in [4.69, 9.17) is 9.84 Å². The summed E-state index contributed by atoms with van der Waals surface area (Å²) < 4.78 is 5.12. The van der Waals surface area contributed by atoms with Crippen LogP contribution in [0, 0.1) is 0 Å². The third-order valence-electron chi connectivity index (χ3n) is 2.14. The molecule has 0 radical (unpaired) electrons. The molecule has 0 heterocycles. The lowest BCUT2D eigenvalue weighted by Gasteiger charge is -2.13. The predicted octanol–water partition coefficient (Wildman–Crippen LogP) is 2.32. The Morgan fingerprint density at radius 3 is 2.47 bits per heavy atom. The van der Waals surface area contributed by atoms with Crippen molar-refractivity contribution in [3.05, 3.63) is 48.6 Å². The van der Waals surface area contributed by atoms with Gasteiger partial charge in [0.05, 0.1) is 12.8 Å². The highest BCUT2D eigenvalue weighted by atomic mass is 16.5. The molecule has 0 aliphatic rings. The first-order valence-electron chi connectivity index (χ1n) is 5.22. The number of hydrogen-bond donors (Lipinski definition) is 1. The molecular formula is C13H14O4. The van der Waals surface area contributed by atoms with Gasteiger partial charge in [-0.2, -0.15) is 0 Å². The number of rotatable bonds is 6. The van der Waals surface area contributed by atoms with Crippen LogP contribution in [0.25, 0.3) is 0 Å². The molecule has 0 aliphatic carbocycles. The van der Waals surface area contributed by atoms with E-state index in [-0.39, 0.29) is 12.8 Å². The minimum Gasteiger partial charge on any atom is -0.481 e. The van der Waals surface area contributed by atoms with E-state index in [1.807, 2.05) is 30.3 Å². The summed E-state index contributed by atoms with van der Waals surface area (Å²) in [5.41, 5.74) is 0.811. The van der Waals surface area contributed by atoms with E-state index in [2.05, 4.69) is 6.58 Å². The fraction of sp³-hybridized carbons (Fsp3) is 0.231. The topological polar surface area (TPSA) is 63.6 Å². The van der Waals surface area contributed by atoms with Gasteiger partial charge in [-0.25, -0.2) is 0 Å². The van der Waals surface area contributed by atoms with E-state index in [0.29, 0.717) is 0 Å². The van der Waals surface area contributed by atoms with Gasteiger partial charge in [-0.05, 0) is 11.6 Å². The first-order chi connectivity index (χ1) is 8.13. The molecule has 0 aliphatic heterocycles. The van der Waals surface area contributed by atoms with E-state index in [9.17, 15) is 9.59 Å². The molecule has 1 unspecified atom stereocenters. The van der Waals surface area contributed by atoms with Gasteiger partial charge in [0, 0.05) is 0 Å². The Balaban J connectivity index is 2.56. The molecule has 4 heteroatoms. The largest absolute Gasteiger partial charge is 0.481 e. The molecule has 0 saturated heterocycles. The average molecular weight is 234 g/mol. The number of ether oxygens (including phenoxy) is 1. The van der Waals surface area contributed by atoms with Crippen LogP contribution in [0.5, 0.6) is 0 Å². The van der Waals surface area contributed by atoms with E-state index >= 15 is 0 Å². The molecule has 0 fully saturated rings. The summed E-state index contributed by atoms with van der Waals surface area (Å²) in [5, 5.41) is 8.44. The molecule has 1 N–H and O–H groups in total. The van der Waals surface area contributed by atoms with Gasteiger partial charge in [0.15, 0.2) is 0 Å². The van der Waals surface area contributed by atoms with Gasteiger partial charge in [0.1, 0.15) is 6.10 Å². The van der Waals surface area contributed by atoms with Crippen LogP contribution in [0.3, 0.4) is 0 Å². The highest BCUT2D eigenvalue weighted by Gasteiger charge is 2.13. The monoisotopic (exact) mass is 234 g/mol. The summed E-state index contributed by atoms with van der Waals surface area (Å²) in [6.07, 6.45) is 0.621. The Morgan fingerprint density at radius 1 is 1.29 bits per heavy atom. The van der Waals surface area contributed by atoms with Crippen molar-refractivity contribution in [3.63, 3.8) is 0 Å². The molecule has 0 aromatic heterocycles. The number of carboxylic acid groups (broad SMARTS) is 1. The Bertz CT molecular complexity index is 397. The molecule has 0 bridgehead atoms. The van der Waals surface area contributed by atoms with E-state index < -0.39 is 18.0 Å². The highest BCUT2D eigenvalue weighted by molar-refractivity contribution is 5.76. The number of hydrogen-bond acceptors (Lipinski definition) is 3. The van der Waals surface area contributed by atoms with Gasteiger partial charge in [0.25, 0.3) is 0 Å². The second-order valence-corrected chi connectivity index (χ2v) is 3.45. The summed E-state index contributed by atoms with van der Waals surface area (Å²) in [6.45, 7) is 3.59. The van der Waals surface area contributed by atoms with Crippen LogP contribution in [0.1, 0.15) is 24.5 Å². The Morgan fingerprint density at radius 2 is 1.94 bits per heavy atom. The maximum absolute atomic E-state index is 11.4. The molecule has 4 nitrogen and oxygen atoms in total. The van der Waals surface area contributed by atoms with Gasteiger partial charge < -0.3 is 9.84 Å². The summed E-state index contributed by atoms with van der Waals surface area (Å²) in [6, 6.07) is 9.15. The number of esters is 1. The van der Waals surface area contributed by atoms with Gasteiger partial charge in [0.2, 0.25) is 0 Å². The number of carbonyl (C=O) groups is 2. The molecule has 1 aromatic rings. The fourth-order valence-electron chi connectivity index (χ4n) is 1.30. The SMILES string of the molecule is C=CC(OC(=O)CCC(=O)O)c1ccccc1. The molecular weight excluding hydrogens is 220 g/mol. The quantitative estimate of drug-likeness (QED) is 0.606. The second-order valence-electron chi connectivity index (χ2n) is 3.45. The zero-order valence-electron chi connectivity index (χ0n) is 9.33. The van der Waals surface area contributed by atoms with E-state index in [0.717, 1.165) is 5.56 Å². The van der Waals surface area contributed by atoms with Crippen molar-refractivity contribution in [2.75, 3.05) is 0 Å². The summed E-state index contributed by atoms with van der Waals surface area (Å²) in [5.74, 6) is -1.56. The minimum atomic E-state index is -1.02.